The minimum Gasteiger partial charge on any atom is -0.491 e. The lowest BCUT2D eigenvalue weighted by molar-refractivity contribution is -0.125. The lowest BCUT2D eigenvalue weighted by Gasteiger charge is -2.36. The fraction of sp³-hybridized carbons (Fsp3) is 0.391. The highest BCUT2D eigenvalue weighted by Crippen LogP contribution is 2.38. The largest absolute Gasteiger partial charge is 0.491 e. The lowest BCUT2D eigenvalue weighted by atomic mass is 9.73. The van der Waals surface area contributed by atoms with Gasteiger partial charge in [0.25, 0.3) is 0 Å². The van der Waals surface area contributed by atoms with E-state index in [0.29, 0.717) is 48.6 Å². The first-order valence-electron chi connectivity index (χ1n) is 9.85. The summed E-state index contributed by atoms with van der Waals surface area (Å²) >= 11 is 0. The van der Waals surface area contributed by atoms with E-state index in [1.54, 1.807) is 36.4 Å². The van der Waals surface area contributed by atoms with Crippen LogP contribution in [0, 0.1) is 17.1 Å². The zero-order valence-corrected chi connectivity index (χ0v) is 16.7. The molecule has 152 valence electrons. The summed E-state index contributed by atoms with van der Waals surface area (Å²) in [6.07, 6.45) is 1.61. The van der Waals surface area contributed by atoms with Crippen molar-refractivity contribution in [3.05, 3.63) is 59.4 Å². The normalized spacial score (nSPS) is 16.5. The number of nitriles is 1. The number of carbonyl (C=O) groups excluding carboxylic acids is 1. The molecule has 1 aliphatic heterocycles. The molecule has 1 atom stereocenters. The first kappa shape index (κ1) is 20.8. The molecule has 1 amide bonds. The summed E-state index contributed by atoms with van der Waals surface area (Å²) in [5, 5.41) is 12.4. The van der Waals surface area contributed by atoms with Gasteiger partial charge in [0, 0.05) is 24.8 Å². The van der Waals surface area contributed by atoms with E-state index in [2.05, 4.69) is 11.4 Å². The average Bonchev–Trinajstić information content (AvgIpc) is 2.75. The van der Waals surface area contributed by atoms with Crippen molar-refractivity contribution in [3.8, 4) is 11.8 Å². The molecule has 0 radical (unpaired) electrons. The Morgan fingerprint density at radius 2 is 2.03 bits per heavy atom. The summed E-state index contributed by atoms with van der Waals surface area (Å²) in [6.45, 7) is 4.70. The molecule has 1 saturated heterocycles. The smallest absolute Gasteiger partial charge is 0.235 e. The lowest BCUT2D eigenvalue weighted by Crippen LogP contribution is -2.45. The third kappa shape index (κ3) is 4.41. The van der Waals surface area contributed by atoms with Gasteiger partial charge in [-0.1, -0.05) is 25.1 Å². The molecule has 1 aliphatic rings. The summed E-state index contributed by atoms with van der Waals surface area (Å²) in [6, 6.07) is 13.4. The fourth-order valence-corrected chi connectivity index (χ4v) is 3.54. The maximum atomic E-state index is 14.6. The van der Waals surface area contributed by atoms with E-state index >= 15 is 0 Å². The van der Waals surface area contributed by atoms with Gasteiger partial charge in [-0.2, -0.15) is 5.26 Å². The van der Waals surface area contributed by atoms with Gasteiger partial charge in [-0.3, -0.25) is 4.79 Å². The molecule has 0 bridgehead atoms. The van der Waals surface area contributed by atoms with Gasteiger partial charge in [0.15, 0.2) is 0 Å². The molecule has 1 heterocycles. The maximum absolute atomic E-state index is 14.6. The van der Waals surface area contributed by atoms with Crippen molar-refractivity contribution in [2.24, 2.45) is 0 Å². The molecule has 1 N–H and O–H groups in total. The van der Waals surface area contributed by atoms with E-state index in [1.165, 1.54) is 6.07 Å². The molecule has 29 heavy (non-hydrogen) atoms. The van der Waals surface area contributed by atoms with Crippen molar-refractivity contribution in [1.82, 2.24) is 0 Å². The monoisotopic (exact) mass is 396 g/mol. The van der Waals surface area contributed by atoms with Crippen LogP contribution in [0.4, 0.5) is 10.1 Å². The zero-order valence-electron chi connectivity index (χ0n) is 16.7. The van der Waals surface area contributed by atoms with Gasteiger partial charge in [0.05, 0.1) is 22.8 Å². The van der Waals surface area contributed by atoms with Crippen molar-refractivity contribution < 1.29 is 18.7 Å². The Bertz CT molecular complexity index is 917. The molecule has 6 heteroatoms. The molecule has 0 spiro atoms. The summed E-state index contributed by atoms with van der Waals surface area (Å²) in [7, 11) is 0. The Hall–Kier alpha value is -2.91. The van der Waals surface area contributed by atoms with Crippen LogP contribution in [-0.2, 0) is 14.9 Å². The number of hydrogen-bond acceptors (Lipinski definition) is 4. The van der Waals surface area contributed by atoms with Crippen LogP contribution in [0.3, 0.4) is 0 Å². The van der Waals surface area contributed by atoms with E-state index in [-0.39, 0.29) is 12.0 Å². The number of carbonyl (C=O) groups is 1. The summed E-state index contributed by atoms with van der Waals surface area (Å²) < 4.78 is 25.8. The van der Waals surface area contributed by atoms with Crippen molar-refractivity contribution in [3.63, 3.8) is 0 Å². The number of nitrogens with one attached hydrogen (secondary N) is 1. The maximum Gasteiger partial charge on any atom is 0.235 e. The highest BCUT2D eigenvalue weighted by Gasteiger charge is 2.43. The van der Waals surface area contributed by atoms with Crippen LogP contribution in [0.5, 0.6) is 5.75 Å². The standard InChI is InChI=1S/C23H25FN2O3/c1-3-16(2)29-18-8-9-21(17(14-18)15-25)26-22(27)23(10-12-28-13-11-23)19-6-4-5-7-20(19)24/h4-9,14,16H,3,10-13H2,1-2H3,(H,26,27)/t16-/m1/s1. The molecule has 0 aromatic heterocycles. The molecule has 2 aromatic carbocycles. The molecule has 3 rings (SSSR count). The molecule has 1 fully saturated rings. The molecule has 5 nitrogen and oxygen atoms in total. The Kier molecular flexibility index (Phi) is 6.50. The minimum absolute atomic E-state index is 0.0218. The number of nitrogens with zero attached hydrogens (tertiary/aromatic N) is 1. The van der Waals surface area contributed by atoms with Gasteiger partial charge >= 0.3 is 0 Å². The van der Waals surface area contributed by atoms with Crippen molar-refractivity contribution >= 4 is 11.6 Å². The molecule has 2 aromatic rings. The molecule has 0 saturated carbocycles. The molecular formula is C23H25FN2O3. The van der Waals surface area contributed by atoms with Crippen molar-refractivity contribution in [2.45, 2.75) is 44.6 Å². The SMILES string of the molecule is CC[C@@H](C)Oc1ccc(NC(=O)C2(c3ccccc3F)CCOCC2)c(C#N)c1. The summed E-state index contributed by atoms with van der Waals surface area (Å²) in [4.78, 5) is 13.3. The highest BCUT2D eigenvalue weighted by molar-refractivity contribution is 6.00. The Morgan fingerprint density at radius 1 is 1.31 bits per heavy atom. The number of rotatable bonds is 6. The van der Waals surface area contributed by atoms with Crippen LogP contribution in [0.1, 0.15) is 44.2 Å². The predicted octanol–water partition coefficient (Wildman–Crippen LogP) is 4.56. The number of hydrogen-bond donors (Lipinski definition) is 1. The first-order chi connectivity index (χ1) is 14.0. The second-order valence-corrected chi connectivity index (χ2v) is 7.28. The Labute approximate surface area is 170 Å². The third-order valence-corrected chi connectivity index (χ3v) is 5.44. The minimum atomic E-state index is -1.04. The zero-order chi connectivity index (χ0) is 20.9. The van der Waals surface area contributed by atoms with Crippen molar-refractivity contribution in [2.75, 3.05) is 18.5 Å². The summed E-state index contributed by atoms with van der Waals surface area (Å²) in [5.74, 6) is -0.177. The van der Waals surface area contributed by atoms with Gasteiger partial charge in [0.2, 0.25) is 5.91 Å². The summed E-state index contributed by atoms with van der Waals surface area (Å²) in [5.41, 5.74) is 0.00417. The van der Waals surface area contributed by atoms with Gasteiger partial charge in [0.1, 0.15) is 17.6 Å². The van der Waals surface area contributed by atoms with Crippen molar-refractivity contribution in [1.29, 1.82) is 5.26 Å². The van der Waals surface area contributed by atoms with E-state index in [1.807, 2.05) is 13.8 Å². The van der Waals surface area contributed by atoms with E-state index in [4.69, 9.17) is 9.47 Å². The number of halogens is 1. The van der Waals surface area contributed by atoms with E-state index in [0.717, 1.165) is 6.42 Å². The predicted molar refractivity (Wildman–Crippen MR) is 108 cm³/mol. The van der Waals surface area contributed by atoms with Crippen LogP contribution in [0.25, 0.3) is 0 Å². The van der Waals surface area contributed by atoms with Crippen LogP contribution in [-0.4, -0.2) is 25.2 Å². The molecule has 0 unspecified atom stereocenters. The van der Waals surface area contributed by atoms with Crippen LogP contribution in [0.2, 0.25) is 0 Å². The van der Waals surface area contributed by atoms with Crippen LogP contribution in [0.15, 0.2) is 42.5 Å². The van der Waals surface area contributed by atoms with Crippen LogP contribution >= 0.6 is 0 Å². The third-order valence-electron chi connectivity index (χ3n) is 5.44. The number of anilines is 1. The fourth-order valence-electron chi connectivity index (χ4n) is 3.54. The van der Waals surface area contributed by atoms with E-state index in [9.17, 15) is 14.4 Å². The van der Waals surface area contributed by atoms with Gasteiger partial charge in [-0.05, 0) is 44.4 Å². The van der Waals surface area contributed by atoms with Gasteiger partial charge in [-0.15, -0.1) is 0 Å². The Balaban J connectivity index is 1.91. The average molecular weight is 396 g/mol. The Morgan fingerprint density at radius 3 is 2.69 bits per heavy atom. The first-order valence-corrected chi connectivity index (χ1v) is 9.85. The number of benzene rings is 2. The number of amides is 1. The topological polar surface area (TPSA) is 71.3 Å². The molecular weight excluding hydrogens is 371 g/mol. The van der Waals surface area contributed by atoms with Gasteiger partial charge < -0.3 is 14.8 Å². The second kappa shape index (κ2) is 9.06. The van der Waals surface area contributed by atoms with Crippen LogP contribution < -0.4 is 10.1 Å². The highest BCUT2D eigenvalue weighted by atomic mass is 19.1. The second-order valence-electron chi connectivity index (χ2n) is 7.28. The molecule has 0 aliphatic carbocycles. The van der Waals surface area contributed by atoms with Gasteiger partial charge in [-0.25, -0.2) is 4.39 Å². The number of ether oxygens (including phenoxy) is 2. The quantitative estimate of drug-likeness (QED) is 0.777. The van der Waals surface area contributed by atoms with E-state index < -0.39 is 11.2 Å².